The number of hydrogen-bond donors (Lipinski definition) is 1. The number of esters is 2. The van der Waals surface area contributed by atoms with Crippen LogP contribution in [0.4, 0.5) is 5.82 Å². The number of rotatable bonds is 10. The van der Waals surface area contributed by atoms with Gasteiger partial charge >= 0.3 is 20.2 Å². The fourth-order valence-electron chi connectivity index (χ4n) is 4.01. The molecule has 0 bridgehead atoms. The number of hydrogen-bond acceptors (Lipinski definition) is 11. The van der Waals surface area contributed by atoms with Crippen LogP contribution in [0, 0.1) is 0 Å². The molecule has 2 aromatic heterocycles. The van der Waals surface area contributed by atoms with Crippen LogP contribution in [-0.2, 0) is 32.9 Å². The van der Waals surface area contributed by atoms with Crippen LogP contribution in [0.1, 0.15) is 45.4 Å². The summed E-state index contributed by atoms with van der Waals surface area (Å²) in [4.78, 5) is 28.8. The van der Waals surface area contributed by atoms with E-state index in [-0.39, 0.29) is 25.3 Å². The number of fused-ring (bicyclic) bond motifs is 1. The first-order valence-corrected chi connectivity index (χ1v) is 12.8. The summed E-state index contributed by atoms with van der Waals surface area (Å²) in [6.45, 7) is 4.61. The molecule has 1 aliphatic heterocycles. The fourth-order valence-corrected chi connectivity index (χ4v) is 4.72. The van der Waals surface area contributed by atoms with Crippen LogP contribution in [0.25, 0.3) is 5.52 Å². The van der Waals surface area contributed by atoms with E-state index in [0.29, 0.717) is 17.0 Å². The smallest absolute Gasteiger partial charge is 0.455 e. The Bertz CT molecular complexity index is 1290. The first-order valence-electron chi connectivity index (χ1n) is 11.7. The van der Waals surface area contributed by atoms with Crippen molar-refractivity contribution < 1.29 is 37.4 Å². The van der Waals surface area contributed by atoms with Gasteiger partial charge in [0.05, 0.1) is 5.69 Å². The molecule has 13 heteroatoms. The molecule has 3 heterocycles. The second kappa shape index (κ2) is 11.2. The highest BCUT2D eigenvalue weighted by molar-refractivity contribution is 7.33. The average Bonchev–Trinajstić information content (AvgIpc) is 3.44. The summed E-state index contributed by atoms with van der Waals surface area (Å²) in [5, 5.41) is 4.25. The maximum absolute atomic E-state index is 12.5. The Morgan fingerprint density at radius 3 is 2.51 bits per heavy atom. The number of para-hydroxylation sites is 1. The number of aromatic nitrogens is 3. The predicted octanol–water partition coefficient (Wildman–Crippen LogP) is 3.54. The highest BCUT2D eigenvalue weighted by Crippen LogP contribution is 2.45. The average molecular weight is 531 g/mol. The first kappa shape index (κ1) is 26.5. The van der Waals surface area contributed by atoms with E-state index in [1.165, 1.54) is 10.8 Å². The summed E-state index contributed by atoms with van der Waals surface area (Å²) in [6, 6.07) is 11.9. The Balaban J connectivity index is 1.67. The van der Waals surface area contributed by atoms with Crippen molar-refractivity contribution in [3.05, 3.63) is 54.5 Å². The van der Waals surface area contributed by atoms with E-state index in [2.05, 4.69) is 10.1 Å². The van der Waals surface area contributed by atoms with Gasteiger partial charge in [-0.05, 0) is 31.2 Å². The Hall–Kier alpha value is -3.60. The van der Waals surface area contributed by atoms with Gasteiger partial charge in [-0.25, -0.2) is 14.0 Å². The molecule has 0 aliphatic carbocycles. The molecule has 1 aromatic carbocycles. The van der Waals surface area contributed by atoms with Gasteiger partial charge in [0.1, 0.15) is 30.2 Å². The second-order valence-electron chi connectivity index (χ2n) is 8.53. The summed E-state index contributed by atoms with van der Waals surface area (Å²) in [5.74, 6) is -0.444. The molecule has 37 heavy (non-hydrogen) atoms. The summed E-state index contributed by atoms with van der Waals surface area (Å²) >= 11 is 0. The summed E-state index contributed by atoms with van der Waals surface area (Å²) in [6.07, 6.45) is -1.62. The number of benzene rings is 1. The van der Waals surface area contributed by atoms with Crippen molar-refractivity contribution in [2.45, 2.75) is 57.5 Å². The van der Waals surface area contributed by atoms with Gasteiger partial charge in [-0.15, -0.1) is 4.52 Å². The highest BCUT2D eigenvalue weighted by Gasteiger charge is 2.59. The zero-order valence-electron chi connectivity index (χ0n) is 20.6. The zero-order chi connectivity index (χ0) is 26.6. The first-order chi connectivity index (χ1) is 17.8. The second-order valence-corrected chi connectivity index (χ2v) is 9.41. The zero-order valence-corrected chi connectivity index (χ0v) is 21.5. The Kier molecular flexibility index (Phi) is 8.01. The molecule has 0 spiro atoms. The number of nitrogens with zero attached hydrogens (tertiary/aromatic N) is 3. The van der Waals surface area contributed by atoms with Crippen LogP contribution in [0.15, 0.2) is 48.8 Å². The molecule has 1 aliphatic rings. The van der Waals surface area contributed by atoms with E-state index in [0.717, 1.165) is 0 Å². The van der Waals surface area contributed by atoms with Crippen LogP contribution in [0.3, 0.4) is 0 Å². The number of anilines is 1. The molecular weight excluding hydrogens is 503 g/mol. The van der Waals surface area contributed by atoms with Gasteiger partial charge in [0.15, 0.2) is 23.8 Å². The topological polar surface area (TPSA) is 154 Å². The third-order valence-corrected chi connectivity index (χ3v) is 6.58. The molecule has 0 amide bonds. The number of carbonyl (C=O) groups excluding carboxylic acids is 2. The lowest BCUT2D eigenvalue weighted by Gasteiger charge is -2.29. The van der Waals surface area contributed by atoms with Crippen molar-refractivity contribution in [2.24, 2.45) is 0 Å². The fraction of sp³-hybridized carbons (Fsp3) is 0.417. The molecule has 196 valence electrons. The molecule has 12 nitrogen and oxygen atoms in total. The highest BCUT2D eigenvalue weighted by atomic mass is 31.1. The Labute approximate surface area is 213 Å². The van der Waals surface area contributed by atoms with Gasteiger partial charge in [-0.1, -0.05) is 32.0 Å². The van der Waals surface area contributed by atoms with Gasteiger partial charge in [-0.3, -0.25) is 9.59 Å². The van der Waals surface area contributed by atoms with E-state index < -0.39 is 44.1 Å². The van der Waals surface area contributed by atoms with E-state index in [9.17, 15) is 14.2 Å². The molecule has 4 rings (SSSR count). The van der Waals surface area contributed by atoms with Gasteiger partial charge in [-0.2, -0.15) is 5.10 Å². The lowest BCUT2D eigenvalue weighted by atomic mass is 9.96. The predicted molar refractivity (Wildman–Crippen MR) is 131 cm³/mol. The molecule has 1 fully saturated rings. The van der Waals surface area contributed by atoms with E-state index in [4.69, 9.17) is 29.0 Å². The molecule has 2 N–H and O–H groups in total. The van der Waals surface area contributed by atoms with Crippen molar-refractivity contribution >= 4 is 31.5 Å². The Morgan fingerprint density at radius 1 is 1.11 bits per heavy atom. The minimum absolute atomic E-state index is 0.0791. The monoisotopic (exact) mass is 531 g/mol. The van der Waals surface area contributed by atoms with E-state index in [1.54, 1.807) is 63.2 Å². The van der Waals surface area contributed by atoms with Crippen LogP contribution in [0.5, 0.6) is 5.75 Å². The number of nitrogen functional groups attached to an aromatic ring is 1. The van der Waals surface area contributed by atoms with Gasteiger partial charge in [0.2, 0.25) is 0 Å². The SMILES string of the molecule is CCC(=O)O[C@H]1[C@H](c2ccc3c(N)ncnn23)O[C@](C)(CO[P+](=O)Oc2ccccc2)[C@H]1OC(=O)CC. The van der Waals surface area contributed by atoms with Gasteiger partial charge in [0, 0.05) is 17.4 Å². The van der Waals surface area contributed by atoms with Crippen LogP contribution < -0.4 is 10.3 Å². The minimum atomic E-state index is -2.59. The third kappa shape index (κ3) is 5.71. The van der Waals surface area contributed by atoms with Crippen molar-refractivity contribution in [3.8, 4) is 5.75 Å². The standard InChI is InChI=1S/C24H28N4O8P/c1-4-18(29)33-21-20(16-11-12-17-23(25)26-14-27-28(16)17)35-24(3,22(21)34-19(30)5-2)13-32-37(31)36-15-9-7-6-8-10-15/h6-12,14,20-22H,4-5,13H2,1-3H3,(H2,25,26,27)/q+1/t20-,21-,22-,24+/m0/s1. The molecule has 0 radical (unpaired) electrons. The molecule has 0 saturated carbocycles. The Morgan fingerprint density at radius 2 is 1.81 bits per heavy atom. The molecule has 1 unspecified atom stereocenters. The largest absolute Gasteiger partial charge is 0.750 e. The van der Waals surface area contributed by atoms with Crippen LogP contribution in [-0.4, -0.2) is 51.0 Å². The van der Waals surface area contributed by atoms with Crippen LogP contribution in [0.2, 0.25) is 0 Å². The van der Waals surface area contributed by atoms with Crippen molar-refractivity contribution in [1.82, 2.24) is 14.6 Å². The third-order valence-electron chi connectivity index (χ3n) is 5.88. The summed E-state index contributed by atoms with van der Waals surface area (Å²) in [5.41, 5.74) is 5.62. The lowest BCUT2D eigenvalue weighted by Crippen LogP contribution is -2.48. The number of nitrogens with two attached hydrogens (primary N) is 1. The van der Waals surface area contributed by atoms with E-state index >= 15 is 0 Å². The van der Waals surface area contributed by atoms with Gasteiger partial charge < -0.3 is 19.9 Å². The number of carbonyl (C=O) groups is 2. The molecule has 1 saturated heterocycles. The molecule has 5 atom stereocenters. The number of ether oxygens (including phenoxy) is 3. The maximum atomic E-state index is 12.5. The van der Waals surface area contributed by atoms with Crippen molar-refractivity contribution in [2.75, 3.05) is 12.3 Å². The normalized spacial score (nSPS) is 23.5. The lowest BCUT2D eigenvalue weighted by molar-refractivity contribution is -0.171. The quantitative estimate of drug-likeness (QED) is 0.302. The van der Waals surface area contributed by atoms with Crippen molar-refractivity contribution in [3.63, 3.8) is 0 Å². The molecular formula is C24H28N4O8P+. The maximum Gasteiger partial charge on any atom is 0.750 e. The summed E-state index contributed by atoms with van der Waals surface area (Å²) < 4.78 is 42.8. The summed E-state index contributed by atoms with van der Waals surface area (Å²) in [7, 11) is -2.59. The minimum Gasteiger partial charge on any atom is -0.455 e. The molecule has 3 aromatic rings. The van der Waals surface area contributed by atoms with E-state index in [1.807, 2.05) is 0 Å². The van der Waals surface area contributed by atoms with Crippen LogP contribution >= 0.6 is 8.25 Å². The van der Waals surface area contributed by atoms with Gasteiger partial charge in [0.25, 0.3) is 0 Å². The van der Waals surface area contributed by atoms with Crippen molar-refractivity contribution in [1.29, 1.82) is 0 Å².